The lowest BCUT2D eigenvalue weighted by Gasteiger charge is -2.12. The van der Waals surface area contributed by atoms with E-state index in [1.165, 1.54) is 7.11 Å². The van der Waals surface area contributed by atoms with E-state index in [4.69, 9.17) is 9.47 Å². The average Bonchev–Trinajstić information content (AvgIpc) is 2.80. The number of benzene rings is 1. The molecule has 2 aliphatic rings. The first-order valence-electron chi connectivity index (χ1n) is 7.92. The molecule has 0 atom stereocenters. The van der Waals surface area contributed by atoms with E-state index in [-0.39, 0.29) is 18.1 Å². The van der Waals surface area contributed by atoms with Crippen molar-refractivity contribution >= 4 is 12.1 Å². The summed E-state index contributed by atoms with van der Waals surface area (Å²) in [6, 6.07) is 16.6. The fourth-order valence-electron chi connectivity index (χ4n) is 2.88. The number of para-hydroxylation sites is 1. The van der Waals surface area contributed by atoms with Gasteiger partial charge in [0, 0.05) is 5.56 Å². The lowest BCUT2D eigenvalue weighted by molar-refractivity contribution is 0.0917. The van der Waals surface area contributed by atoms with Crippen molar-refractivity contribution in [1.82, 2.24) is 0 Å². The molecule has 0 fully saturated rings. The summed E-state index contributed by atoms with van der Waals surface area (Å²) >= 11 is 0. The first-order valence-corrected chi connectivity index (χ1v) is 7.92. The molecule has 0 saturated heterocycles. The Morgan fingerprint density at radius 2 is 1.80 bits per heavy atom. The third kappa shape index (κ3) is 3.24. The van der Waals surface area contributed by atoms with E-state index in [0.29, 0.717) is 23.2 Å². The van der Waals surface area contributed by atoms with Gasteiger partial charge in [0.25, 0.3) is 0 Å². The van der Waals surface area contributed by atoms with Gasteiger partial charge in [-0.25, -0.2) is 0 Å². The Morgan fingerprint density at radius 3 is 2.52 bits per heavy atom. The summed E-state index contributed by atoms with van der Waals surface area (Å²) in [6.45, 7) is 1.81. The minimum atomic E-state index is -0.168. The Balaban J connectivity index is 1.87. The highest BCUT2D eigenvalue weighted by Gasteiger charge is 2.19. The number of hydrogen-bond donors (Lipinski definition) is 0. The first kappa shape index (κ1) is 16.7. The van der Waals surface area contributed by atoms with Crippen LogP contribution < -0.4 is 9.47 Å². The Kier molecular flexibility index (Phi) is 4.80. The van der Waals surface area contributed by atoms with Crippen LogP contribution in [0.25, 0.3) is 11.1 Å². The largest absolute Gasteiger partial charge is 0.493 e. The van der Waals surface area contributed by atoms with Crippen molar-refractivity contribution in [1.29, 1.82) is 0 Å². The second kappa shape index (κ2) is 7.18. The molecule has 0 radical (unpaired) electrons. The van der Waals surface area contributed by atoms with Crippen molar-refractivity contribution in [3.63, 3.8) is 0 Å². The number of carbonyl (C=O) groups excluding carboxylic acids is 2. The lowest BCUT2D eigenvalue weighted by atomic mass is 10.1. The predicted molar refractivity (Wildman–Crippen MR) is 96.0 cm³/mol. The molecule has 0 heterocycles. The zero-order valence-electron chi connectivity index (χ0n) is 14.1. The number of fused-ring (bicyclic) bond motifs is 1. The van der Waals surface area contributed by atoms with E-state index in [1.807, 2.05) is 43.3 Å². The molecule has 0 saturated carbocycles. The van der Waals surface area contributed by atoms with Crippen molar-refractivity contribution in [2.24, 2.45) is 0 Å². The Hall–Kier alpha value is -3.14. The predicted octanol–water partition coefficient (Wildman–Crippen LogP) is 4.18. The molecular formula is C21H18O4. The van der Waals surface area contributed by atoms with Crippen LogP contribution in [0.2, 0.25) is 0 Å². The maximum atomic E-state index is 12.7. The van der Waals surface area contributed by atoms with Gasteiger partial charge in [-0.15, -0.1) is 0 Å². The Labute approximate surface area is 146 Å². The van der Waals surface area contributed by atoms with Crippen molar-refractivity contribution in [3.8, 4) is 22.6 Å². The molecule has 3 rings (SSSR count). The summed E-state index contributed by atoms with van der Waals surface area (Å²) in [4.78, 5) is 23.9. The summed E-state index contributed by atoms with van der Waals surface area (Å²) in [5.74, 6) is 0.561. The molecule has 0 aliphatic heterocycles. The minimum absolute atomic E-state index is 0.146. The molecule has 25 heavy (non-hydrogen) atoms. The Bertz CT molecular complexity index is 898. The number of ether oxygens (including phenoxy) is 2. The normalized spacial score (nSPS) is 10.5. The number of aldehydes is 1. The molecule has 0 unspecified atom stereocenters. The molecule has 4 nitrogen and oxygen atoms in total. The fraction of sp³-hybridized carbons (Fsp3) is 0.143. The average molecular weight is 334 g/mol. The number of methoxy groups -OCH3 is 1. The van der Waals surface area contributed by atoms with Crippen molar-refractivity contribution < 1.29 is 19.1 Å². The van der Waals surface area contributed by atoms with Crippen LogP contribution in [0.4, 0.5) is 0 Å². The smallest absolute Gasteiger partial charge is 0.200 e. The third-order valence-electron chi connectivity index (χ3n) is 4.12. The highest BCUT2D eigenvalue weighted by Crippen LogP contribution is 2.33. The summed E-state index contributed by atoms with van der Waals surface area (Å²) in [5.41, 5.74) is 3.94. The van der Waals surface area contributed by atoms with Gasteiger partial charge in [0.2, 0.25) is 5.78 Å². The number of ketones is 1. The molecular weight excluding hydrogens is 316 g/mol. The van der Waals surface area contributed by atoms with Crippen LogP contribution in [-0.2, 0) is 0 Å². The number of aryl methyl sites for hydroxylation is 1. The van der Waals surface area contributed by atoms with Gasteiger partial charge in [-0.05, 0) is 41.8 Å². The van der Waals surface area contributed by atoms with Gasteiger partial charge in [-0.3, -0.25) is 9.59 Å². The van der Waals surface area contributed by atoms with E-state index in [0.717, 1.165) is 16.7 Å². The number of carbonyl (C=O) groups is 2. The van der Waals surface area contributed by atoms with Crippen molar-refractivity contribution in [2.45, 2.75) is 6.92 Å². The van der Waals surface area contributed by atoms with Gasteiger partial charge in [0.05, 0.1) is 12.7 Å². The quantitative estimate of drug-likeness (QED) is 0.501. The summed E-state index contributed by atoms with van der Waals surface area (Å²) in [6.07, 6.45) is 0.685. The molecule has 1 aromatic carbocycles. The van der Waals surface area contributed by atoms with Crippen molar-refractivity contribution in [3.05, 3.63) is 71.3 Å². The van der Waals surface area contributed by atoms with Crippen LogP contribution in [0.5, 0.6) is 11.5 Å². The van der Waals surface area contributed by atoms with Gasteiger partial charge in [0.15, 0.2) is 24.4 Å². The van der Waals surface area contributed by atoms with E-state index in [9.17, 15) is 9.59 Å². The molecule has 0 bridgehead atoms. The second-order valence-electron chi connectivity index (χ2n) is 5.69. The van der Waals surface area contributed by atoms with Gasteiger partial charge >= 0.3 is 0 Å². The molecule has 4 heteroatoms. The molecule has 0 aromatic heterocycles. The summed E-state index contributed by atoms with van der Waals surface area (Å²) in [5, 5.41) is 0. The maximum absolute atomic E-state index is 12.7. The molecule has 0 N–H and O–H groups in total. The lowest BCUT2D eigenvalue weighted by Crippen LogP contribution is -2.13. The maximum Gasteiger partial charge on any atom is 0.200 e. The highest BCUT2D eigenvalue weighted by molar-refractivity contribution is 6.05. The highest BCUT2D eigenvalue weighted by atomic mass is 16.5. The number of rotatable bonds is 6. The van der Waals surface area contributed by atoms with Gasteiger partial charge in [-0.2, -0.15) is 0 Å². The number of Topliss-reactive ketones (excluding diaryl/α,β-unsaturated/α-hetero) is 1. The van der Waals surface area contributed by atoms with Crippen molar-refractivity contribution in [2.75, 3.05) is 13.7 Å². The van der Waals surface area contributed by atoms with Gasteiger partial charge in [0.1, 0.15) is 0 Å². The topological polar surface area (TPSA) is 52.6 Å². The first-order chi connectivity index (χ1) is 12.2. The zero-order chi connectivity index (χ0) is 17.8. The molecule has 0 amide bonds. The van der Waals surface area contributed by atoms with Gasteiger partial charge in [-0.1, -0.05) is 36.4 Å². The van der Waals surface area contributed by atoms with Crippen LogP contribution in [0.15, 0.2) is 54.6 Å². The van der Waals surface area contributed by atoms with E-state index >= 15 is 0 Å². The fourth-order valence-corrected chi connectivity index (χ4v) is 2.88. The van der Waals surface area contributed by atoms with Crippen LogP contribution in [-0.4, -0.2) is 25.8 Å². The van der Waals surface area contributed by atoms with Gasteiger partial charge < -0.3 is 9.47 Å². The molecule has 0 spiro atoms. The van der Waals surface area contributed by atoms with Crippen LogP contribution in [0.1, 0.15) is 26.3 Å². The van der Waals surface area contributed by atoms with Crippen LogP contribution in [0.3, 0.4) is 0 Å². The number of hydrogen-bond acceptors (Lipinski definition) is 4. The summed E-state index contributed by atoms with van der Waals surface area (Å²) < 4.78 is 10.9. The second-order valence-corrected chi connectivity index (χ2v) is 5.69. The molecule has 126 valence electrons. The van der Waals surface area contributed by atoms with Crippen LogP contribution in [0, 0.1) is 6.92 Å². The standard InChI is InChI=1S/C21H18O4/c1-14-11-18(17-9-5-3-4-8-16(14)17)19(23)13-25-21-15(12-22)7-6-10-20(21)24-2/h3-12H,13H2,1-2H3. The third-order valence-corrected chi connectivity index (χ3v) is 4.12. The zero-order valence-corrected chi connectivity index (χ0v) is 14.1. The van der Waals surface area contributed by atoms with E-state index < -0.39 is 0 Å². The minimum Gasteiger partial charge on any atom is -0.493 e. The molecule has 1 aromatic rings. The van der Waals surface area contributed by atoms with E-state index in [2.05, 4.69) is 0 Å². The SMILES string of the molecule is COc1cccc(C=O)c1OCC(=O)c1cc(C)c2cccccc1-2. The Morgan fingerprint density at radius 1 is 1.04 bits per heavy atom. The summed E-state index contributed by atoms with van der Waals surface area (Å²) in [7, 11) is 1.49. The van der Waals surface area contributed by atoms with E-state index in [1.54, 1.807) is 18.2 Å². The van der Waals surface area contributed by atoms with Crippen LogP contribution >= 0.6 is 0 Å². The monoisotopic (exact) mass is 334 g/mol. The molecule has 2 aliphatic carbocycles.